The lowest BCUT2D eigenvalue weighted by molar-refractivity contribution is -0.140. The number of hydrogen-bond acceptors (Lipinski definition) is 4. The van der Waals surface area contributed by atoms with Gasteiger partial charge in [0.15, 0.2) is 0 Å². The van der Waals surface area contributed by atoms with Gasteiger partial charge in [0.2, 0.25) is 21.8 Å². The zero-order chi connectivity index (χ0) is 24.8. The van der Waals surface area contributed by atoms with Crippen molar-refractivity contribution in [3.63, 3.8) is 0 Å². The molecule has 0 spiro atoms. The van der Waals surface area contributed by atoms with Crippen LogP contribution in [0.15, 0.2) is 48.5 Å². The van der Waals surface area contributed by atoms with E-state index in [4.69, 9.17) is 0 Å². The van der Waals surface area contributed by atoms with Gasteiger partial charge in [-0.15, -0.1) is 0 Å². The molecular weight excluding hydrogens is 438 g/mol. The van der Waals surface area contributed by atoms with Crippen molar-refractivity contribution >= 4 is 27.5 Å². The van der Waals surface area contributed by atoms with Gasteiger partial charge in [0.05, 0.1) is 11.9 Å². The summed E-state index contributed by atoms with van der Waals surface area (Å²) in [4.78, 5) is 28.0. The van der Waals surface area contributed by atoms with E-state index in [-0.39, 0.29) is 25.0 Å². The molecule has 2 rings (SSSR count). The number of rotatable bonds is 10. The molecule has 0 saturated heterocycles. The van der Waals surface area contributed by atoms with Crippen LogP contribution in [0.4, 0.5) is 5.69 Å². The molecule has 8 heteroatoms. The van der Waals surface area contributed by atoms with E-state index in [1.165, 1.54) is 4.90 Å². The molecule has 0 heterocycles. The van der Waals surface area contributed by atoms with E-state index in [1.807, 2.05) is 71.0 Å². The highest BCUT2D eigenvalue weighted by molar-refractivity contribution is 7.92. The second-order valence-electron chi connectivity index (χ2n) is 8.58. The first-order valence-electron chi connectivity index (χ1n) is 11.1. The molecule has 0 aliphatic carbocycles. The SMILES string of the molecule is CC[C@H](C(=O)NC(C)C)N(Cc1ccccc1)C(=O)CN(c1cccc(C)c1C)S(C)(=O)=O. The summed E-state index contributed by atoms with van der Waals surface area (Å²) in [5.41, 5.74) is 3.04. The zero-order valence-corrected chi connectivity index (χ0v) is 21.1. The van der Waals surface area contributed by atoms with Crippen LogP contribution in [0.25, 0.3) is 0 Å². The van der Waals surface area contributed by atoms with Gasteiger partial charge in [0.1, 0.15) is 12.6 Å². The Morgan fingerprint density at radius 1 is 1.00 bits per heavy atom. The summed E-state index contributed by atoms with van der Waals surface area (Å²) in [6, 6.07) is 13.9. The van der Waals surface area contributed by atoms with Crippen molar-refractivity contribution in [2.24, 2.45) is 0 Å². The molecule has 2 aromatic carbocycles. The Labute approximate surface area is 197 Å². The summed E-state index contributed by atoms with van der Waals surface area (Å²) >= 11 is 0. The van der Waals surface area contributed by atoms with Gasteiger partial charge >= 0.3 is 0 Å². The van der Waals surface area contributed by atoms with Crippen LogP contribution in [0.3, 0.4) is 0 Å². The Balaban J connectivity index is 2.46. The first kappa shape index (κ1) is 26.4. The molecule has 33 heavy (non-hydrogen) atoms. The van der Waals surface area contributed by atoms with Gasteiger partial charge in [0, 0.05) is 12.6 Å². The van der Waals surface area contributed by atoms with Crippen molar-refractivity contribution in [1.29, 1.82) is 0 Å². The maximum atomic E-state index is 13.6. The van der Waals surface area contributed by atoms with E-state index >= 15 is 0 Å². The fourth-order valence-electron chi connectivity index (χ4n) is 3.68. The van der Waals surface area contributed by atoms with Gasteiger partial charge < -0.3 is 10.2 Å². The van der Waals surface area contributed by atoms with E-state index in [9.17, 15) is 18.0 Å². The Hall–Kier alpha value is -2.87. The molecule has 0 radical (unpaired) electrons. The van der Waals surface area contributed by atoms with Gasteiger partial charge in [-0.3, -0.25) is 13.9 Å². The molecule has 0 unspecified atom stereocenters. The van der Waals surface area contributed by atoms with Gasteiger partial charge in [0.25, 0.3) is 0 Å². The lowest BCUT2D eigenvalue weighted by Crippen LogP contribution is -2.53. The van der Waals surface area contributed by atoms with Crippen LogP contribution in [-0.4, -0.2) is 50.0 Å². The monoisotopic (exact) mass is 473 g/mol. The third-order valence-electron chi connectivity index (χ3n) is 5.54. The normalized spacial score (nSPS) is 12.3. The number of sulfonamides is 1. The van der Waals surface area contributed by atoms with Crippen LogP contribution in [0.1, 0.15) is 43.9 Å². The standard InChI is InChI=1S/C25H35N3O4S/c1-7-22(25(30)26-18(2)3)27(16-21-13-9-8-10-14-21)24(29)17-28(33(6,31)32)23-15-11-12-19(4)20(23)5/h8-15,18,22H,7,16-17H2,1-6H3,(H,26,30)/t22-/m1/s1. The number of anilines is 1. The van der Waals surface area contributed by atoms with Crippen molar-refractivity contribution in [1.82, 2.24) is 10.2 Å². The highest BCUT2D eigenvalue weighted by Crippen LogP contribution is 2.25. The highest BCUT2D eigenvalue weighted by Gasteiger charge is 2.32. The average molecular weight is 474 g/mol. The predicted molar refractivity (Wildman–Crippen MR) is 132 cm³/mol. The molecule has 7 nitrogen and oxygen atoms in total. The van der Waals surface area contributed by atoms with Crippen LogP contribution in [0, 0.1) is 13.8 Å². The predicted octanol–water partition coefficient (Wildman–Crippen LogP) is 3.40. The average Bonchev–Trinajstić information content (AvgIpc) is 2.73. The molecule has 0 aliphatic heterocycles. The maximum Gasteiger partial charge on any atom is 0.244 e. The van der Waals surface area contributed by atoms with E-state index < -0.39 is 22.0 Å². The summed E-state index contributed by atoms with van der Waals surface area (Å²) in [5.74, 6) is -0.689. The summed E-state index contributed by atoms with van der Waals surface area (Å²) in [6.07, 6.45) is 1.49. The van der Waals surface area contributed by atoms with Gasteiger partial charge in [-0.25, -0.2) is 8.42 Å². The summed E-state index contributed by atoms with van der Waals surface area (Å²) in [5, 5.41) is 2.88. The Morgan fingerprint density at radius 2 is 1.64 bits per heavy atom. The molecular formula is C25H35N3O4S. The minimum absolute atomic E-state index is 0.0808. The van der Waals surface area contributed by atoms with Crippen LogP contribution >= 0.6 is 0 Å². The van der Waals surface area contributed by atoms with Crippen molar-refractivity contribution in [3.05, 3.63) is 65.2 Å². The summed E-state index contributed by atoms with van der Waals surface area (Å²) in [6.45, 7) is 9.11. The zero-order valence-electron chi connectivity index (χ0n) is 20.3. The van der Waals surface area contributed by atoms with Gasteiger partial charge in [-0.2, -0.15) is 0 Å². The molecule has 0 fully saturated rings. The fourth-order valence-corrected chi connectivity index (χ4v) is 4.58. The Kier molecular flexibility index (Phi) is 9.05. The van der Waals surface area contributed by atoms with Crippen LogP contribution < -0.4 is 9.62 Å². The number of carbonyl (C=O) groups is 2. The number of benzene rings is 2. The molecule has 2 aromatic rings. The van der Waals surface area contributed by atoms with Crippen molar-refractivity contribution in [2.45, 2.75) is 59.7 Å². The number of amides is 2. The second-order valence-corrected chi connectivity index (χ2v) is 10.5. The molecule has 2 amide bonds. The van der Waals surface area contributed by atoms with Crippen LogP contribution in [0.5, 0.6) is 0 Å². The minimum atomic E-state index is -3.75. The molecule has 0 saturated carbocycles. The number of nitrogens with one attached hydrogen (secondary N) is 1. The summed E-state index contributed by atoms with van der Waals surface area (Å²) in [7, 11) is -3.75. The molecule has 1 atom stereocenters. The maximum absolute atomic E-state index is 13.6. The van der Waals surface area contributed by atoms with Crippen molar-refractivity contribution in [2.75, 3.05) is 17.1 Å². The largest absolute Gasteiger partial charge is 0.352 e. The molecule has 180 valence electrons. The highest BCUT2D eigenvalue weighted by atomic mass is 32.2. The number of hydrogen-bond donors (Lipinski definition) is 1. The lowest BCUT2D eigenvalue weighted by atomic mass is 10.1. The number of aryl methyl sites for hydroxylation is 1. The molecule has 0 aliphatic rings. The second kappa shape index (κ2) is 11.3. The smallest absolute Gasteiger partial charge is 0.244 e. The quantitative estimate of drug-likeness (QED) is 0.573. The number of carbonyl (C=O) groups excluding carboxylic acids is 2. The van der Waals surface area contributed by atoms with Gasteiger partial charge in [-0.05, 0) is 56.9 Å². The van der Waals surface area contributed by atoms with E-state index in [0.717, 1.165) is 27.3 Å². The molecule has 1 N–H and O–H groups in total. The van der Waals surface area contributed by atoms with Crippen molar-refractivity contribution < 1.29 is 18.0 Å². The van der Waals surface area contributed by atoms with Crippen LogP contribution in [-0.2, 0) is 26.2 Å². The first-order chi connectivity index (χ1) is 15.5. The number of nitrogens with zero attached hydrogens (tertiary/aromatic N) is 2. The molecule has 0 aromatic heterocycles. The minimum Gasteiger partial charge on any atom is -0.352 e. The van der Waals surface area contributed by atoms with E-state index in [2.05, 4.69) is 5.32 Å². The topological polar surface area (TPSA) is 86.8 Å². The van der Waals surface area contributed by atoms with Gasteiger partial charge in [-0.1, -0.05) is 49.4 Å². The van der Waals surface area contributed by atoms with E-state index in [1.54, 1.807) is 12.1 Å². The van der Waals surface area contributed by atoms with Crippen molar-refractivity contribution in [3.8, 4) is 0 Å². The third kappa shape index (κ3) is 7.05. The lowest BCUT2D eigenvalue weighted by Gasteiger charge is -2.33. The Bertz CT molecular complexity index is 1070. The fraction of sp³-hybridized carbons (Fsp3) is 0.440. The third-order valence-corrected chi connectivity index (χ3v) is 6.66. The molecule has 0 bridgehead atoms. The Morgan fingerprint density at radius 3 is 2.18 bits per heavy atom. The summed E-state index contributed by atoms with van der Waals surface area (Å²) < 4.78 is 26.5. The first-order valence-corrected chi connectivity index (χ1v) is 13.0. The van der Waals surface area contributed by atoms with Crippen LogP contribution in [0.2, 0.25) is 0 Å². The van der Waals surface area contributed by atoms with E-state index in [0.29, 0.717) is 12.1 Å².